The smallest absolute Gasteiger partial charge is 0.265 e. The van der Waals surface area contributed by atoms with Crippen molar-refractivity contribution in [3.8, 4) is 22.6 Å². The second kappa shape index (κ2) is 8.44. The van der Waals surface area contributed by atoms with Crippen molar-refractivity contribution in [3.05, 3.63) is 103 Å². The van der Waals surface area contributed by atoms with Gasteiger partial charge in [-0.1, -0.05) is 54.6 Å². The van der Waals surface area contributed by atoms with Gasteiger partial charge in [0.25, 0.3) is 10.0 Å². The Morgan fingerprint density at radius 2 is 1.33 bits per heavy atom. The van der Waals surface area contributed by atoms with E-state index in [1.807, 2.05) is 42.5 Å². The van der Waals surface area contributed by atoms with E-state index in [-0.39, 0.29) is 11.4 Å². The average molecular weight is 457 g/mol. The molecule has 0 aliphatic carbocycles. The lowest BCUT2D eigenvalue weighted by atomic mass is 10.0. The van der Waals surface area contributed by atoms with Crippen molar-refractivity contribution in [1.29, 1.82) is 0 Å². The number of amides is 1. The number of sulfonamides is 1. The summed E-state index contributed by atoms with van der Waals surface area (Å²) in [5.74, 6) is 0.899. The number of rotatable bonds is 5. The average Bonchev–Trinajstić information content (AvgIpc) is 2.84. The number of ether oxygens (including phenoxy) is 1. The normalized spacial score (nSPS) is 13.5. The Balaban J connectivity index is 1.35. The Bertz CT molecular complexity index is 1420. The van der Waals surface area contributed by atoms with Crippen molar-refractivity contribution in [2.45, 2.75) is 4.90 Å². The molecule has 1 amide bonds. The number of hydrogen-bond acceptors (Lipinski definition) is 4. The summed E-state index contributed by atoms with van der Waals surface area (Å²) in [6.07, 6.45) is 0. The Morgan fingerprint density at radius 1 is 0.727 bits per heavy atom. The number of benzene rings is 4. The molecule has 0 saturated heterocycles. The van der Waals surface area contributed by atoms with Gasteiger partial charge >= 0.3 is 0 Å². The third-order valence-corrected chi connectivity index (χ3v) is 7.14. The van der Waals surface area contributed by atoms with Gasteiger partial charge in [0, 0.05) is 16.8 Å². The number of fused-ring (bicyclic) bond motifs is 3. The summed E-state index contributed by atoms with van der Waals surface area (Å²) in [5, 5.41) is 2.77. The summed E-state index contributed by atoms with van der Waals surface area (Å²) in [7, 11) is -3.87. The van der Waals surface area contributed by atoms with Crippen LogP contribution in [0, 0.1) is 0 Å². The second-order valence-corrected chi connectivity index (χ2v) is 9.34. The quantitative estimate of drug-likeness (QED) is 0.443. The highest BCUT2D eigenvalue weighted by atomic mass is 32.2. The lowest BCUT2D eigenvalue weighted by Gasteiger charge is -2.31. The zero-order valence-corrected chi connectivity index (χ0v) is 18.3. The van der Waals surface area contributed by atoms with Crippen LogP contribution in [0.1, 0.15) is 0 Å². The molecular weight excluding hydrogens is 436 g/mol. The van der Waals surface area contributed by atoms with E-state index in [4.69, 9.17) is 4.74 Å². The molecule has 1 aliphatic rings. The zero-order valence-electron chi connectivity index (χ0n) is 17.5. The number of nitrogens with one attached hydrogen (secondary N) is 1. The molecule has 164 valence electrons. The first-order valence-electron chi connectivity index (χ1n) is 10.4. The fourth-order valence-corrected chi connectivity index (χ4v) is 5.46. The summed E-state index contributed by atoms with van der Waals surface area (Å²) in [5.41, 5.74) is 2.44. The van der Waals surface area contributed by atoms with Crippen LogP contribution in [0.3, 0.4) is 0 Å². The van der Waals surface area contributed by atoms with Crippen LogP contribution in [-0.2, 0) is 14.8 Å². The first kappa shape index (κ1) is 20.8. The van der Waals surface area contributed by atoms with Crippen LogP contribution < -0.4 is 14.4 Å². The molecule has 4 aromatic carbocycles. The van der Waals surface area contributed by atoms with Crippen LogP contribution in [0.25, 0.3) is 11.1 Å². The second-order valence-electron chi connectivity index (χ2n) is 7.51. The predicted octanol–water partition coefficient (Wildman–Crippen LogP) is 5.29. The van der Waals surface area contributed by atoms with E-state index in [0.717, 1.165) is 9.87 Å². The molecule has 0 aromatic heterocycles. The van der Waals surface area contributed by atoms with E-state index < -0.39 is 15.9 Å². The van der Waals surface area contributed by atoms with Crippen LogP contribution >= 0.6 is 0 Å². The SMILES string of the molecule is O=C(CN1c2ccccc2-c2ccccc2S1(=O)=O)Nc1ccc(Oc2ccccc2)cc1. The van der Waals surface area contributed by atoms with Crippen LogP contribution in [0.5, 0.6) is 11.5 Å². The van der Waals surface area contributed by atoms with Gasteiger partial charge in [-0.05, 0) is 48.5 Å². The van der Waals surface area contributed by atoms with Gasteiger partial charge in [0.2, 0.25) is 5.91 Å². The van der Waals surface area contributed by atoms with Gasteiger partial charge in [0.05, 0.1) is 10.6 Å². The third kappa shape index (κ3) is 4.06. The maximum Gasteiger partial charge on any atom is 0.265 e. The minimum Gasteiger partial charge on any atom is -0.457 e. The Kier molecular flexibility index (Phi) is 5.32. The van der Waals surface area contributed by atoms with E-state index in [1.165, 1.54) is 0 Å². The van der Waals surface area contributed by atoms with E-state index in [0.29, 0.717) is 28.4 Å². The highest BCUT2D eigenvalue weighted by molar-refractivity contribution is 7.93. The minimum absolute atomic E-state index is 0.193. The maximum absolute atomic E-state index is 13.3. The molecular formula is C26H20N2O4S. The molecule has 0 radical (unpaired) electrons. The van der Waals surface area contributed by atoms with E-state index >= 15 is 0 Å². The predicted molar refractivity (Wildman–Crippen MR) is 128 cm³/mol. The van der Waals surface area contributed by atoms with Crippen molar-refractivity contribution >= 4 is 27.3 Å². The van der Waals surface area contributed by atoms with E-state index in [9.17, 15) is 13.2 Å². The first-order chi connectivity index (χ1) is 16.0. The van der Waals surface area contributed by atoms with Gasteiger partial charge in [-0.3, -0.25) is 9.10 Å². The molecule has 7 heteroatoms. The molecule has 0 atom stereocenters. The maximum atomic E-state index is 13.3. The van der Waals surface area contributed by atoms with E-state index in [1.54, 1.807) is 60.7 Å². The molecule has 1 heterocycles. The van der Waals surface area contributed by atoms with Crippen molar-refractivity contribution in [3.63, 3.8) is 0 Å². The summed E-state index contributed by atoms with van der Waals surface area (Å²) in [6.45, 7) is -0.337. The number of carbonyl (C=O) groups excluding carboxylic acids is 1. The molecule has 0 unspecified atom stereocenters. The molecule has 0 bridgehead atoms. The van der Waals surface area contributed by atoms with Crippen LogP contribution in [0.15, 0.2) is 108 Å². The minimum atomic E-state index is -3.87. The molecule has 5 rings (SSSR count). The van der Waals surface area contributed by atoms with Gasteiger partial charge in [-0.25, -0.2) is 8.42 Å². The Hall–Kier alpha value is -4.10. The largest absolute Gasteiger partial charge is 0.457 e. The molecule has 0 fully saturated rings. The van der Waals surface area contributed by atoms with Crippen LogP contribution in [0.2, 0.25) is 0 Å². The van der Waals surface area contributed by atoms with E-state index in [2.05, 4.69) is 5.32 Å². The van der Waals surface area contributed by atoms with Crippen molar-refractivity contribution in [1.82, 2.24) is 0 Å². The number of anilines is 2. The molecule has 1 aliphatic heterocycles. The molecule has 6 nitrogen and oxygen atoms in total. The first-order valence-corrected chi connectivity index (χ1v) is 11.8. The molecule has 1 N–H and O–H groups in total. The lowest BCUT2D eigenvalue weighted by molar-refractivity contribution is -0.114. The van der Waals surface area contributed by atoms with Gasteiger partial charge < -0.3 is 10.1 Å². The summed E-state index contributed by atoms with van der Waals surface area (Å²) in [4.78, 5) is 13.0. The highest BCUT2D eigenvalue weighted by Crippen LogP contribution is 2.42. The summed E-state index contributed by atoms with van der Waals surface area (Å²) >= 11 is 0. The Morgan fingerprint density at radius 3 is 2.09 bits per heavy atom. The number of para-hydroxylation sites is 2. The van der Waals surface area contributed by atoms with Crippen molar-refractivity contribution in [2.24, 2.45) is 0 Å². The number of nitrogens with zero attached hydrogens (tertiary/aromatic N) is 1. The fourth-order valence-electron chi connectivity index (χ4n) is 3.81. The number of carbonyl (C=O) groups is 1. The summed E-state index contributed by atoms with van der Waals surface area (Å²) < 4.78 is 33.5. The third-order valence-electron chi connectivity index (χ3n) is 5.32. The zero-order chi connectivity index (χ0) is 22.8. The monoisotopic (exact) mass is 456 g/mol. The Labute approximate surface area is 192 Å². The van der Waals surface area contributed by atoms with Crippen LogP contribution in [-0.4, -0.2) is 20.9 Å². The molecule has 4 aromatic rings. The topological polar surface area (TPSA) is 75.7 Å². The van der Waals surface area contributed by atoms with Gasteiger partial charge in [0.15, 0.2) is 0 Å². The van der Waals surface area contributed by atoms with Gasteiger partial charge in [-0.15, -0.1) is 0 Å². The summed E-state index contributed by atoms with van der Waals surface area (Å²) in [6, 6.07) is 30.3. The lowest BCUT2D eigenvalue weighted by Crippen LogP contribution is -2.40. The van der Waals surface area contributed by atoms with Gasteiger partial charge in [-0.2, -0.15) is 0 Å². The fraction of sp³-hybridized carbons (Fsp3) is 0.0385. The standard InChI is InChI=1S/C26H20N2O4S/c29-26(27-19-14-16-21(17-15-19)32-20-8-2-1-3-9-20)18-28-24-12-6-4-10-22(24)23-11-5-7-13-25(23)33(28,30)31/h1-17H,18H2,(H,27,29). The molecule has 0 saturated carbocycles. The number of hydrogen-bond donors (Lipinski definition) is 1. The van der Waals surface area contributed by atoms with Crippen LogP contribution in [0.4, 0.5) is 11.4 Å². The van der Waals surface area contributed by atoms with Crippen molar-refractivity contribution in [2.75, 3.05) is 16.2 Å². The van der Waals surface area contributed by atoms with Crippen molar-refractivity contribution < 1.29 is 17.9 Å². The molecule has 33 heavy (non-hydrogen) atoms. The molecule has 0 spiro atoms. The van der Waals surface area contributed by atoms with Gasteiger partial charge in [0.1, 0.15) is 18.0 Å². The highest BCUT2D eigenvalue weighted by Gasteiger charge is 2.35.